The van der Waals surface area contributed by atoms with Gasteiger partial charge in [0, 0.05) is 29.3 Å². The van der Waals surface area contributed by atoms with Gasteiger partial charge < -0.3 is 14.7 Å². The summed E-state index contributed by atoms with van der Waals surface area (Å²) in [6.45, 7) is 3.47. The minimum absolute atomic E-state index is 0.0410. The maximum atomic E-state index is 12.7. The van der Waals surface area contributed by atoms with Crippen molar-refractivity contribution in [3.05, 3.63) is 90.0 Å². The zero-order valence-electron chi connectivity index (χ0n) is 15.8. The molecule has 4 rings (SSSR count). The zero-order chi connectivity index (χ0) is 19.3. The first-order valence-corrected chi connectivity index (χ1v) is 9.34. The van der Waals surface area contributed by atoms with Crippen molar-refractivity contribution >= 4 is 22.5 Å². The van der Waals surface area contributed by atoms with E-state index in [1.165, 1.54) is 5.39 Å². The molecule has 5 heteroatoms. The van der Waals surface area contributed by atoms with Gasteiger partial charge in [0.1, 0.15) is 5.76 Å². The lowest BCUT2D eigenvalue weighted by atomic mass is 10.1. The van der Waals surface area contributed by atoms with E-state index in [1.807, 2.05) is 61.7 Å². The lowest BCUT2D eigenvalue weighted by Crippen LogP contribution is -2.32. The number of benzene rings is 2. The van der Waals surface area contributed by atoms with E-state index in [1.54, 1.807) is 6.26 Å². The van der Waals surface area contributed by atoms with Gasteiger partial charge in [-0.2, -0.15) is 0 Å². The fraction of sp³-hybridized carbons (Fsp3) is 0.174. The third-order valence-corrected chi connectivity index (χ3v) is 4.81. The number of amides is 1. The predicted molar refractivity (Wildman–Crippen MR) is 111 cm³/mol. The Hall–Kier alpha value is -3.31. The van der Waals surface area contributed by atoms with Gasteiger partial charge in [-0.3, -0.25) is 9.69 Å². The molecule has 28 heavy (non-hydrogen) atoms. The summed E-state index contributed by atoms with van der Waals surface area (Å²) in [5, 5.41) is 4.19. The summed E-state index contributed by atoms with van der Waals surface area (Å²) < 4.78 is 5.51. The number of nitrogens with zero attached hydrogens (tertiary/aromatic N) is 1. The number of hydrogen-bond donors (Lipinski definition) is 2. The summed E-state index contributed by atoms with van der Waals surface area (Å²) in [7, 11) is 0. The van der Waals surface area contributed by atoms with Crippen molar-refractivity contribution < 1.29 is 9.21 Å². The molecule has 142 valence electrons. The summed E-state index contributed by atoms with van der Waals surface area (Å²) in [6, 6.07) is 19.8. The van der Waals surface area contributed by atoms with Crippen molar-refractivity contribution in [3.8, 4) is 0 Å². The quantitative estimate of drug-likeness (QED) is 0.493. The minimum atomic E-state index is -0.0410. The van der Waals surface area contributed by atoms with Crippen LogP contribution >= 0.6 is 0 Å². The summed E-state index contributed by atoms with van der Waals surface area (Å²) >= 11 is 0. The van der Waals surface area contributed by atoms with Crippen molar-refractivity contribution in [1.29, 1.82) is 0 Å². The standard InChI is InChI=1S/C23H23N3O2/c1-17-7-2-4-10-21(17)25-23(27)16-26(15-19-8-6-12-28-19)14-18-13-24-22-11-5-3-9-20(18)22/h2-13,24H,14-16H2,1H3,(H,25,27). The maximum absolute atomic E-state index is 12.7. The zero-order valence-corrected chi connectivity index (χ0v) is 15.8. The van der Waals surface area contributed by atoms with E-state index < -0.39 is 0 Å². The third kappa shape index (κ3) is 4.15. The molecule has 1 amide bonds. The van der Waals surface area contributed by atoms with Gasteiger partial charge in [0.2, 0.25) is 5.91 Å². The molecule has 0 aliphatic heterocycles. The molecule has 4 aromatic rings. The van der Waals surface area contributed by atoms with Gasteiger partial charge >= 0.3 is 0 Å². The highest BCUT2D eigenvalue weighted by Crippen LogP contribution is 2.21. The largest absolute Gasteiger partial charge is 0.468 e. The molecule has 2 N–H and O–H groups in total. The Labute approximate surface area is 164 Å². The molecule has 0 atom stereocenters. The highest BCUT2D eigenvalue weighted by Gasteiger charge is 2.16. The first-order valence-electron chi connectivity index (χ1n) is 9.34. The molecule has 0 radical (unpaired) electrons. The Morgan fingerprint density at radius 3 is 2.68 bits per heavy atom. The molecule has 2 aromatic heterocycles. The molecule has 0 aliphatic rings. The number of rotatable bonds is 7. The van der Waals surface area contributed by atoms with Crippen molar-refractivity contribution in [2.24, 2.45) is 0 Å². The van der Waals surface area contributed by atoms with Crippen LogP contribution in [-0.2, 0) is 17.9 Å². The number of anilines is 1. The molecule has 2 aromatic carbocycles. The van der Waals surface area contributed by atoms with Crippen molar-refractivity contribution in [1.82, 2.24) is 9.88 Å². The number of hydrogen-bond acceptors (Lipinski definition) is 3. The van der Waals surface area contributed by atoms with Crippen molar-refractivity contribution in [2.75, 3.05) is 11.9 Å². The molecule has 0 saturated carbocycles. The number of nitrogens with one attached hydrogen (secondary N) is 2. The number of aromatic nitrogens is 1. The molecule has 0 spiro atoms. The smallest absolute Gasteiger partial charge is 0.238 e. The second kappa shape index (κ2) is 8.15. The molecule has 0 fully saturated rings. The highest BCUT2D eigenvalue weighted by atomic mass is 16.3. The lowest BCUT2D eigenvalue weighted by Gasteiger charge is -2.21. The topological polar surface area (TPSA) is 61.3 Å². The minimum Gasteiger partial charge on any atom is -0.468 e. The van der Waals surface area contributed by atoms with Crippen LogP contribution in [0.15, 0.2) is 77.5 Å². The fourth-order valence-corrected chi connectivity index (χ4v) is 3.40. The van der Waals surface area contributed by atoms with Crippen LogP contribution in [0.5, 0.6) is 0 Å². The summed E-state index contributed by atoms with van der Waals surface area (Å²) in [5.41, 5.74) is 4.15. The maximum Gasteiger partial charge on any atom is 0.238 e. The van der Waals surface area contributed by atoms with E-state index in [0.29, 0.717) is 13.1 Å². The van der Waals surface area contributed by atoms with Gasteiger partial charge in [-0.05, 0) is 42.3 Å². The van der Waals surface area contributed by atoms with Crippen LogP contribution in [0.25, 0.3) is 10.9 Å². The average molecular weight is 373 g/mol. The van der Waals surface area contributed by atoms with Gasteiger partial charge in [-0.25, -0.2) is 0 Å². The molecular formula is C23H23N3O2. The molecule has 0 saturated heterocycles. The van der Waals surface area contributed by atoms with E-state index in [0.717, 1.165) is 28.1 Å². The monoisotopic (exact) mass is 373 g/mol. The number of aryl methyl sites for hydroxylation is 1. The van der Waals surface area contributed by atoms with E-state index in [4.69, 9.17) is 4.42 Å². The SMILES string of the molecule is Cc1ccccc1NC(=O)CN(Cc1ccco1)Cc1c[nH]c2ccccc12. The molecule has 2 heterocycles. The Morgan fingerprint density at radius 2 is 1.86 bits per heavy atom. The normalized spacial score (nSPS) is 11.2. The van der Waals surface area contributed by atoms with Crippen LogP contribution in [0, 0.1) is 6.92 Å². The van der Waals surface area contributed by atoms with Gasteiger partial charge in [0.25, 0.3) is 0 Å². The van der Waals surface area contributed by atoms with Crippen molar-refractivity contribution in [3.63, 3.8) is 0 Å². The Kier molecular flexibility index (Phi) is 5.26. The van der Waals surface area contributed by atoms with Crippen LogP contribution < -0.4 is 5.32 Å². The molecule has 0 bridgehead atoms. The third-order valence-electron chi connectivity index (χ3n) is 4.81. The van der Waals surface area contributed by atoms with Crippen LogP contribution in [0.3, 0.4) is 0 Å². The Morgan fingerprint density at radius 1 is 1.04 bits per heavy atom. The van der Waals surface area contributed by atoms with E-state index >= 15 is 0 Å². The lowest BCUT2D eigenvalue weighted by molar-refractivity contribution is -0.117. The molecule has 0 unspecified atom stereocenters. The van der Waals surface area contributed by atoms with Crippen LogP contribution in [0.2, 0.25) is 0 Å². The van der Waals surface area contributed by atoms with E-state index in [9.17, 15) is 4.79 Å². The number of fused-ring (bicyclic) bond motifs is 1. The van der Waals surface area contributed by atoms with Gasteiger partial charge in [0.05, 0.1) is 19.4 Å². The van der Waals surface area contributed by atoms with Gasteiger partial charge in [-0.15, -0.1) is 0 Å². The first-order chi connectivity index (χ1) is 13.7. The number of carbonyl (C=O) groups is 1. The second-order valence-corrected chi connectivity index (χ2v) is 6.95. The Balaban J connectivity index is 1.51. The summed E-state index contributed by atoms with van der Waals surface area (Å²) in [5.74, 6) is 0.796. The summed E-state index contributed by atoms with van der Waals surface area (Å²) in [4.78, 5) is 18.1. The second-order valence-electron chi connectivity index (χ2n) is 6.95. The highest BCUT2D eigenvalue weighted by molar-refractivity contribution is 5.93. The molecule has 5 nitrogen and oxygen atoms in total. The number of furan rings is 1. The van der Waals surface area contributed by atoms with E-state index in [-0.39, 0.29) is 12.5 Å². The van der Waals surface area contributed by atoms with Crippen molar-refractivity contribution in [2.45, 2.75) is 20.0 Å². The van der Waals surface area contributed by atoms with E-state index in [2.05, 4.69) is 27.3 Å². The Bertz CT molecular complexity index is 1070. The van der Waals surface area contributed by atoms with Gasteiger partial charge in [0.15, 0.2) is 0 Å². The molecular weight excluding hydrogens is 350 g/mol. The van der Waals surface area contributed by atoms with Crippen LogP contribution in [0.1, 0.15) is 16.9 Å². The van der Waals surface area contributed by atoms with Crippen LogP contribution in [-0.4, -0.2) is 22.3 Å². The number of aromatic amines is 1. The van der Waals surface area contributed by atoms with Crippen LogP contribution in [0.4, 0.5) is 5.69 Å². The average Bonchev–Trinajstić information content (AvgIpc) is 3.34. The first kappa shape index (κ1) is 18.1. The number of carbonyl (C=O) groups excluding carboxylic acids is 1. The number of H-pyrrole nitrogens is 1. The summed E-state index contributed by atoms with van der Waals surface area (Å²) in [6.07, 6.45) is 3.67. The number of para-hydroxylation sites is 2. The fourth-order valence-electron chi connectivity index (χ4n) is 3.40. The molecule has 0 aliphatic carbocycles. The predicted octanol–water partition coefficient (Wildman–Crippen LogP) is 4.71. The van der Waals surface area contributed by atoms with Gasteiger partial charge in [-0.1, -0.05) is 36.4 Å².